The molecule has 1 aliphatic rings. The third-order valence-electron chi connectivity index (χ3n) is 7.14. The molecular formula is C31H23F7N2O3S. The first kappa shape index (κ1) is 31.2. The first-order valence-electron chi connectivity index (χ1n) is 13.1. The molecule has 0 saturated heterocycles. The van der Waals surface area contributed by atoms with E-state index in [0.29, 0.717) is 16.3 Å². The summed E-state index contributed by atoms with van der Waals surface area (Å²) in [4.78, 5) is 19.4. The minimum Gasteiger partial charge on any atom is -0.406 e. The van der Waals surface area contributed by atoms with Gasteiger partial charge in [-0.05, 0) is 47.9 Å². The maximum absolute atomic E-state index is 15.1. The number of halogens is 7. The van der Waals surface area contributed by atoms with Gasteiger partial charge in [-0.3, -0.25) is 9.36 Å². The molecule has 0 spiro atoms. The number of alkyl halides is 6. The average Bonchev–Trinajstić information content (AvgIpc) is 3.39. The van der Waals surface area contributed by atoms with E-state index in [-0.39, 0.29) is 28.0 Å². The zero-order valence-electron chi connectivity index (χ0n) is 23.1. The van der Waals surface area contributed by atoms with Crippen molar-refractivity contribution in [3.63, 3.8) is 0 Å². The fourth-order valence-corrected chi connectivity index (χ4v) is 6.67. The Balaban J connectivity index is 1.78. The molecule has 1 atom stereocenters. The van der Waals surface area contributed by atoms with Crippen LogP contribution in [0.3, 0.4) is 0 Å². The normalized spacial score (nSPS) is 15.3. The molecule has 0 aliphatic carbocycles. The highest BCUT2D eigenvalue weighted by atomic mass is 32.2. The van der Waals surface area contributed by atoms with Gasteiger partial charge in [0.15, 0.2) is 0 Å². The van der Waals surface area contributed by atoms with Crippen molar-refractivity contribution in [2.75, 3.05) is 12.9 Å². The summed E-state index contributed by atoms with van der Waals surface area (Å²) in [5.41, 5.74) is -1.08. The van der Waals surface area contributed by atoms with E-state index in [2.05, 4.69) is 9.89 Å². The van der Waals surface area contributed by atoms with Gasteiger partial charge in [0, 0.05) is 23.3 Å². The van der Waals surface area contributed by atoms with Gasteiger partial charge < -0.3 is 9.57 Å². The predicted molar refractivity (Wildman–Crippen MR) is 152 cm³/mol. The summed E-state index contributed by atoms with van der Waals surface area (Å²) in [6, 6.07) is 15.4. The van der Waals surface area contributed by atoms with E-state index in [4.69, 9.17) is 4.84 Å². The van der Waals surface area contributed by atoms with Gasteiger partial charge in [0.25, 0.3) is 5.56 Å². The van der Waals surface area contributed by atoms with Crippen molar-refractivity contribution in [3.05, 3.63) is 117 Å². The Kier molecular flexibility index (Phi) is 8.52. The number of hydrogen-bond acceptors (Lipinski definition) is 5. The van der Waals surface area contributed by atoms with Crippen molar-refractivity contribution in [2.24, 2.45) is 5.16 Å². The average molecular weight is 637 g/mol. The van der Waals surface area contributed by atoms with E-state index in [0.717, 1.165) is 30.3 Å². The lowest BCUT2D eigenvalue weighted by atomic mass is 9.92. The molecule has 5 rings (SSSR count). The SMILES string of the molecule is CO/N=C(\c1ccccc1)C1CSc2c(Cc3c(F)cccc3C(F)(F)F)c(C)c(-c3cccc(OC(F)(F)F)c3)c(=O)n21. The van der Waals surface area contributed by atoms with Crippen LogP contribution in [0.15, 0.2) is 87.8 Å². The van der Waals surface area contributed by atoms with Gasteiger partial charge in [0.2, 0.25) is 0 Å². The molecule has 1 unspecified atom stereocenters. The Hall–Kier alpha value is -4.26. The molecule has 4 aromatic rings. The van der Waals surface area contributed by atoms with Crippen LogP contribution in [0.25, 0.3) is 11.1 Å². The van der Waals surface area contributed by atoms with E-state index < -0.39 is 53.3 Å². The Morgan fingerprint density at radius 2 is 1.68 bits per heavy atom. The number of oxime groups is 1. The molecule has 230 valence electrons. The number of ether oxygens (including phenoxy) is 1. The van der Waals surface area contributed by atoms with Crippen LogP contribution < -0.4 is 10.3 Å². The Morgan fingerprint density at radius 3 is 2.34 bits per heavy atom. The lowest BCUT2D eigenvalue weighted by Gasteiger charge is -2.22. The van der Waals surface area contributed by atoms with Crippen LogP contribution in [0, 0.1) is 12.7 Å². The number of rotatable bonds is 7. The van der Waals surface area contributed by atoms with Crippen molar-refractivity contribution in [2.45, 2.75) is 37.0 Å². The van der Waals surface area contributed by atoms with Gasteiger partial charge in [0.05, 0.1) is 22.2 Å². The molecule has 0 N–H and O–H groups in total. The molecule has 0 amide bonds. The first-order chi connectivity index (χ1) is 20.8. The van der Waals surface area contributed by atoms with Crippen molar-refractivity contribution in [3.8, 4) is 16.9 Å². The van der Waals surface area contributed by atoms with Gasteiger partial charge in [-0.15, -0.1) is 24.9 Å². The summed E-state index contributed by atoms with van der Waals surface area (Å²) in [7, 11) is 1.32. The van der Waals surface area contributed by atoms with Crippen molar-refractivity contribution in [1.82, 2.24) is 4.57 Å². The summed E-state index contributed by atoms with van der Waals surface area (Å²) >= 11 is 1.18. The Bertz CT molecular complexity index is 1780. The van der Waals surface area contributed by atoms with Gasteiger partial charge in [-0.25, -0.2) is 4.39 Å². The summed E-state index contributed by atoms with van der Waals surface area (Å²) < 4.78 is 101. The lowest BCUT2D eigenvalue weighted by Crippen LogP contribution is -2.32. The summed E-state index contributed by atoms with van der Waals surface area (Å²) in [5, 5.41) is 4.45. The zero-order chi connectivity index (χ0) is 31.8. The molecule has 0 bridgehead atoms. The molecule has 5 nitrogen and oxygen atoms in total. The van der Waals surface area contributed by atoms with Gasteiger partial charge >= 0.3 is 12.5 Å². The van der Waals surface area contributed by atoms with Crippen molar-refractivity contribution < 1.29 is 40.3 Å². The van der Waals surface area contributed by atoms with E-state index in [1.165, 1.54) is 42.5 Å². The molecule has 0 fully saturated rings. The van der Waals surface area contributed by atoms with Crippen molar-refractivity contribution in [1.29, 1.82) is 0 Å². The Labute approximate surface area is 250 Å². The molecule has 2 heterocycles. The number of aromatic nitrogens is 1. The quantitative estimate of drug-likeness (QED) is 0.117. The Morgan fingerprint density at radius 1 is 0.977 bits per heavy atom. The maximum Gasteiger partial charge on any atom is 0.573 e. The summed E-state index contributed by atoms with van der Waals surface area (Å²) in [6.45, 7) is 1.48. The van der Waals surface area contributed by atoms with Crippen LogP contribution in [0.1, 0.15) is 33.9 Å². The second-order valence-electron chi connectivity index (χ2n) is 9.83. The monoisotopic (exact) mass is 636 g/mol. The number of thioether (sulfide) groups is 1. The van der Waals surface area contributed by atoms with Crippen LogP contribution in [0.4, 0.5) is 30.7 Å². The number of benzene rings is 3. The fraction of sp³-hybridized carbons (Fsp3) is 0.226. The van der Waals surface area contributed by atoms with E-state index in [1.54, 1.807) is 30.3 Å². The minimum absolute atomic E-state index is 0.0379. The van der Waals surface area contributed by atoms with Crippen LogP contribution in [-0.4, -0.2) is 29.5 Å². The third-order valence-corrected chi connectivity index (χ3v) is 8.33. The minimum atomic E-state index is -5.01. The highest BCUT2D eigenvalue weighted by Gasteiger charge is 2.38. The summed E-state index contributed by atoms with van der Waals surface area (Å²) in [5.74, 6) is -1.45. The second-order valence-corrected chi connectivity index (χ2v) is 10.8. The third kappa shape index (κ3) is 6.19. The number of nitrogens with zero attached hydrogens (tertiary/aromatic N) is 2. The molecule has 1 aliphatic heterocycles. The molecule has 3 aromatic carbocycles. The second kappa shape index (κ2) is 12.0. The number of fused-ring (bicyclic) bond motifs is 1. The van der Waals surface area contributed by atoms with Crippen molar-refractivity contribution >= 4 is 17.5 Å². The number of hydrogen-bond donors (Lipinski definition) is 0. The van der Waals surface area contributed by atoms with E-state index >= 15 is 4.39 Å². The molecule has 1 aromatic heterocycles. The van der Waals surface area contributed by atoms with Gasteiger partial charge in [0.1, 0.15) is 24.4 Å². The number of pyridine rings is 1. The van der Waals surface area contributed by atoms with Gasteiger partial charge in [-0.1, -0.05) is 53.7 Å². The molecule has 0 radical (unpaired) electrons. The zero-order valence-corrected chi connectivity index (χ0v) is 23.9. The molecule has 13 heteroatoms. The maximum atomic E-state index is 15.1. The van der Waals surface area contributed by atoms with Crippen LogP contribution >= 0.6 is 11.8 Å². The molecular weight excluding hydrogens is 613 g/mol. The smallest absolute Gasteiger partial charge is 0.406 e. The first-order valence-corrected chi connectivity index (χ1v) is 14.1. The topological polar surface area (TPSA) is 52.8 Å². The molecule has 0 saturated carbocycles. The highest BCUT2D eigenvalue weighted by molar-refractivity contribution is 7.99. The largest absolute Gasteiger partial charge is 0.573 e. The van der Waals surface area contributed by atoms with E-state index in [9.17, 15) is 31.1 Å². The fourth-order valence-electron chi connectivity index (χ4n) is 5.29. The predicted octanol–water partition coefficient (Wildman–Crippen LogP) is 8.17. The van der Waals surface area contributed by atoms with Crippen LogP contribution in [0.5, 0.6) is 5.75 Å². The highest BCUT2D eigenvalue weighted by Crippen LogP contribution is 2.43. The summed E-state index contributed by atoms with van der Waals surface area (Å²) in [6.07, 6.45) is -10.4. The molecule has 44 heavy (non-hydrogen) atoms. The van der Waals surface area contributed by atoms with Gasteiger partial charge in [-0.2, -0.15) is 13.2 Å². The van der Waals surface area contributed by atoms with Crippen LogP contribution in [-0.2, 0) is 17.4 Å². The lowest BCUT2D eigenvalue weighted by molar-refractivity contribution is -0.274. The van der Waals surface area contributed by atoms with E-state index in [1.807, 2.05) is 0 Å². The standard InChI is InChI=1S/C31H23F7N2O3S/c1-17-21(15-22-23(30(33,34)35)12-7-13-24(22)32)29-40(25(16-44-29)27(39-42-2)18-8-4-3-5-9-18)28(41)26(17)19-10-6-11-20(14-19)43-31(36,37)38/h3-14,25H,15-16H2,1-2H3/b39-27+. The van der Waals surface area contributed by atoms with Crippen LogP contribution in [0.2, 0.25) is 0 Å².